The number of amides is 1. The van der Waals surface area contributed by atoms with Crippen LogP contribution in [-0.2, 0) is 11.3 Å². The molecule has 0 bridgehead atoms. The zero-order chi connectivity index (χ0) is 20.7. The van der Waals surface area contributed by atoms with E-state index in [2.05, 4.69) is 15.3 Å². The van der Waals surface area contributed by atoms with Crippen LogP contribution in [0.5, 0.6) is 5.75 Å². The van der Waals surface area contributed by atoms with E-state index in [1.54, 1.807) is 18.2 Å². The molecule has 0 saturated carbocycles. The van der Waals surface area contributed by atoms with Crippen LogP contribution >= 0.6 is 22.9 Å². The molecule has 7 nitrogen and oxygen atoms in total. The summed E-state index contributed by atoms with van der Waals surface area (Å²) in [5, 5.41) is 4.07. The number of anilines is 1. The molecular formula is C20H17ClN4O3S. The van der Waals surface area contributed by atoms with Gasteiger partial charge in [0.15, 0.2) is 0 Å². The number of rotatable bonds is 4. The molecule has 0 aliphatic carbocycles. The van der Waals surface area contributed by atoms with Gasteiger partial charge in [0.1, 0.15) is 21.8 Å². The first-order valence-corrected chi connectivity index (χ1v) is 9.96. The van der Waals surface area contributed by atoms with Crippen LogP contribution in [0.25, 0.3) is 20.4 Å². The number of nitrogens with one attached hydrogen (secondary N) is 1. The second kappa shape index (κ2) is 7.46. The maximum Gasteiger partial charge on any atom is 0.271 e. The minimum atomic E-state index is -0.389. The van der Waals surface area contributed by atoms with Gasteiger partial charge in [-0.1, -0.05) is 11.6 Å². The van der Waals surface area contributed by atoms with Crippen molar-refractivity contribution in [3.8, 4) is 5.75 Å². The van der Waals surface area contributed by atoms with Crippen molar-refractivity contribution in [2.45, 2.75) is 20.4 Å². The number of halogens is 1. The molecule has 0 aliphatic rings. The van der Waals surface area contributed by atoms with Crippen molar-refractivity contribution >= 4 is 55.0 Å². The fraction of sp³-hybridized carbons (Fsp3) is 0.200. The van der Waals surface area contributed by atoms with Crippen molar-refractivity contribution in [1.82, 2.24) is 14.5 Å². The molecule has 0 aliphatic heterocycles. The van der Waals surface area contributed by atoms with Crippen molar-refractivity contribution in [3.05, 3.63) is 57.2 Å². The van der Waals surface area contributed by atoms with Crippen molar-refractivity contribution in [3.63, 3.8) is 0 Å². The van der Waals surface area contributed by atoms with Gasteiger partial charge >= 0.3 is 0 Å². The summed E-state index contributed by atoms with van der Waals surface area (Å²) in [6.07, 6.45) is 1.39. The summed E-state index contributed by atoms with van der Waals surface area (Å²) in [5.74, 6) is 0.0881. The van der Waals surface area contributed by atoms with Crippen LogP contribution in [0.4, 0.5) is 5.69 Å². The minimum absolute atomic E-state index is 0.183. The molecule has 4 rings (SSSR count). The van der Waals surface area contributed by atoms with Gasteiger partial charge in [-0.05, 0) is 43.7 Å². The molecule has 1 amide bonds. The average molecular weight is 429 g/mol. The number of fused-ring (bicyclic) bond motifs is 3. The SMILES string of the molecule is COc1ccc(Cl)cc1NC(=O)Cn1cnc2c(sc3nc(C)cc(C)c32)c1=O. The van der Waals surface area contributed by atoms with Gasteiger partial charge in [-0.25, -0.2) is 9.97 Å². The molecule has 29 heavy (non-hydrogen) atoms. The second-order valence-corrected chi connectivity index (χ2v) is 8.05. The van der Waals surface area contributed by atoms with E-state index in [1.807, 2.05) is 19.9 Å². The standard InChI is InChI=1S/C20H17ClN4O3S/c1-10-6-11(2)23-19-16(10)17-18(29-19)20(27)25(9-22-17)8-15(26)24-13-7-12(21)4-5-14(13)28-3/h4-7,9H,8H2,1-3H3,(H,24,26). The first kappa shape index (κ1) is 19.4. The maximum absolute atomic E-state index is 12.9. The lowest BCUT2D eigenvalue weighted by molar-refractivity contribution is -0.116. The molecule has 148 valence electrons. The Kier molecular flexibility index (Phi) is 4.97. The molecule has 0 saturated heterocycles. The fourth-order valence-corrected chi connectivity index (χ4v) is 4.61. The smallest absolute Gasteiger partial charge is 0.271 e. The predicted molar refractivity (Wildman–Crippen MR) is 115 cm³/mol. The quantitative estimate of drug-likeness (QED) is 0.532. The highest BCUT2D eigenvalue weighted by Crippen LogP contribution is 2.31. The number of carbonyl (C=O) groups excluding carboxylic acids is 1. The van der Waals surface area contributed by atoms with Gasteiger partial charge in [-0.2, -0.15) is 0 Å². The molecular weight excluding hydrogens is 412 g/mol. The van der Waals surface area contributed by atoms with Crippen LogP contribution in [-0.4, -0.2) is 27.6 Å². The second-order valence-electron chi connectivity index (χ2n) is 6.61. The number of carbonyl (C=O) groups is 1. The molecule has 1 N–H and O–H groups in total. The van der Waals surface area contributed by atoms with E-state index < -0.39 is 0 Å². The fourth-order valence-electron chi connectivity index (χ4n) is 3.24. The Morgan fingerprint density at radius 2 is 2.10 bits per heavy atom. The Morgan fingerprint density at radius 1 is 1.31 bits per heavy atom. The monoisotopic (exact) mass is 428 g/mol. The summed E-state index contributed by atoms with van der Waals surface area (Å²) >= 11 is 7.29. The molecule has 0 fully saturated rings. The third-order valence-electron chi connectivity index (χ3n) is 4.49. The summed E-state index contributed by atoms with van der Waals surface area (Å²) in [6, 6.07) is 6.88. The van der Waals surface area contributed by atoms with Crippen molar-refractivity contribution in [1.29, 1.82) is 0 Å². The van der Waals surface area contributed by atoms with Crippen molar-refractivity contribution in [2.75, 3.05) is 12.4 Å². The van der Waals surface area contributed by atoms with E-state index in [9.17, 15) is 9.59 Å². The Bertz CT molecular complexity index is 1330. The van der Waals surface area contributed by atoms with Crippen LogP contribution < -0.4 is 15.6 Å². The number of methoxy groups -OCH3 is 1. The molecule has 9 heteroatoms. The van der Waals surface area contributed by atoms with Crippen LogP contribution in [0.2, 0.25) is 5.02 Å². The zero-order valence-electron chi connectivity index (χ0n) is 15.9. The molecule has 4 aromatic rings. The van der Waals surface area contributed by atoms with Crippen LogP contribution in [0.1, 0.15) is 11.3 Å². The number of aryl methyl sites for hydroxylation is 2. The number of pyridine rings is 1. The number of aromatic nitrogens is 3. The van der Waals surface area contributed by atoms with Gasteiger partial charge in [-0.15, -0.1) is 11.3 Å². The van der Waals surface area contributed by atoms with E-state index in [0.717, 1.165) is 21.5 Å². The summed E-state index contributed by atoms with van der Waals surface area (Å²) in [6.45, 7) is 3.70. The summed E-state index contributed by atoms with van der Waals surface area (Å²) in [7, 11) is 1.50. The van der Waals surface area contributed by atoms with Crippen LogP contribution in [0.3, 0.4) is 0 Å². The lowest BCUT2D eigenvalue weighted by atomic mass is 10.1. The predicted octanol–water partition coefficient (Wildman–Crippen LogP) is 3.92. The summed E-state index contributed by atoms with van der Waals surface area (Å²) in [4.78, 5) is 35.2. The highest BCUT2D eigenvalue weighted by Gasteiger charge is 2.16. The van der Waals surface area contributed by atoms with Crippen LogP contribution in [0, 0.1) is 13.8 Å². The number of thiophene rings is 1. The van der Waals surface area contributed by atoms with Gasteiger partial charge in [0, 0.05) is 16.1 Å². The van der Waals surface area contributed by atoms with E-state index >= 15 is 0 Å². The average Bonchev–Trinajstić information content (AvgIpc) is 3.03. The Hall–Kier alpha value is -2.97. The van der Waals surface area contributed by atoms with E-state index in [-0.39, 0.29) is 18.0 Å². The van der Waals surface area contributed by atoms with E-state index in [0.29, 0.717) is 26.7 Å². The molecule has 3 aromatic heterocycles. The lowest BCUT2D eigenvalue weighted by Crippen LogP contribution is -2.27. The van der Waals surface area contributed by atoms with Gasteiger partial charge < -0.3 is 10.1 Å². The Morgan fingerprint density at radius 3 is 2.86 bits per heavy atom. The van der Waals surface area contributed by atoms with Gasteiger partial charge in [0.2, 0.25) is 5.91 Å². The molecule has 0 unspecified atom stereocenters. The van der Waals surface area contributed by atoms with Crippen LogP contribution in [0.15, 0.2) is 35.4 Å². The Labute approximate surface area is 174 Å². The van der Waals surface area contributed by atoms with E-state index in [1.165, 1.54) is 29.3 Å². The molecule has 1 aromatic carbocycles. The first-order valence-electron chi connectivity index (χ1n) is 8.76. The third-order valence-corrected chi connectivity index (χ3v) is 5.79. The highest BCUT2D eigenvalue weighted by atomic mass is 35.5. The number of nitrogens with zero attached hydrogens (tertiary/aromatic N) is 3. The van der Waals surface area contributed by atoms with Gasteiger partial charge in [-0.3, -0.25) is 14.2 Å². The first-order chi connectivity index (χ1) is 13.9. The molecule has 0 radical (unpaired) electrons. The number of hydrogen-bond donors (Lipinski definition) is 1. The molecule has 0 atom stereocenters. The van der Waals surface area contributed by atoms with Gasteiger partial charge in [0.05, 0.1) is 24.6 Å². The zero-order valence-corrected chi connectivity index (χ0v) is 17.5. The summed E-state index contributed by atoms with van der Waals surface area (Å²) < 4.78 is 6.99. The van der Waals surface area contributed by atoms with Gasteiger partial charge in [0.25, 0.3) is 5.56 Å². The maximum atomic E-state index is 12.9. The lowest BCUT2D eigenvalue weighted by Gasteiger charge is -2.11. The third kappa shape index (κ3) is 3.56. The molecule has 0 spiro atoms. The topological polar surface area (TPSA) is 86.1 Å². The largest absolute Gasteiger partial charge is 0.495 e. The number of benzene rings is 1. The number of ether oxygens (including phenoxy) is 1. The minimum Gasteiger partial charge on any atom is -0.495 e. The highest BCUT2D eigenvalue weighted by molar-refractivity contribution is 7.25. The normalized spacial score (nSPS) is 11.2. The van der Waals surface area contributed by atoms with E-state index in [4.69, 9.17) is 16.3 Å². The van der Waals surface area contributed by atoms with Crippen molar-refractivity contribution in [2.24, 2.45) is 0 Å². The summed E-state index contributed by atoms with van der Waals surface area (Å²) in [5.41, 5.74) is 2.69. The Balaban J connectivity index is 1.68. The van der Waals surface area contributed by atoms with Crippen molar-refractivity contribution < 1.29 is 9.53 Å². The number of hydrogen-bond acceptors (Lipinski definition) is 6. The molecule has 3 heterocycles.